The average molecular weight is 462 g/mol. The molecule has 0 spiro atoms. The summed E-state index contributed by atoms with van der Waals surface area (Å²) in [5.41, 5.74) is 2.37. The largest absolute Gasteiger partial charge is 0.378 e. The fraction of sp³-hybridized carbons (Fsp3) is 0.261. The van der Waals surface area contributed by atoms with E-state index in [2.05, 4.69) is 36.5 Å². The molecule has 1 fully saturated rings. The minimum atomic E-state index is -0.752. The quantitative estimate of drug-likeness (QED) is 0.465. The lowest BCUT2D eigenvalue weighted by molar-refractivity contribution is 0.122. The van der Waals surface area contributed by atoms with Crippen molar-refractivity contribution >= 4 is 16.9 Å². The molecule has 2 N–H and O–H groups in total. The molecular weight excluding hydrogens is 442 g/mol. The third kappa shape index (κ3) is 3.93. The first kappa shape index (κ1) is 21.8. The predicted molar refractivity (Wildman–Crippen MR) is 121 cm³/mol. The molecule has 4 heterocycles. The monoisotopic (exact) mass is 462 g/mol. The molecule has 1 aliphatic heterocycles. The highest BCUT2D eigenvalue weighted by Crippen LogP contribution is 2.31. The van der Waals surface area contributed by atoms with Crippen LogP contribution in [0.1, 0.15) is 11.1 Å². The van der Waals surface area contributed by atoms with E-state index in [4.69, 9.17) is 4.74 Å². The molecule has 1 aliphatic rings. The molecule has 0 atom stereocenters. The van der Waals surface area contributed by atoms with Gasteiger partial charge in [-0.05, 0) is 30.8 Å². The van der Waals surface area contributed by atoms with Gasteiger partial charge >= 0.3 is 0 Å². The van der Waals surface area contributed by atoms with E-state index in [1.54, 1.807) is 19.3 Å². The van der Waals surface area contributed by atoms with Gasteiger partial charge in [-0.1, -0.05) is 0 Å². The Morgan fingerprint density at radius 1 is 1.15 bits per heavy atom. The predicted octanol–water partition coefficient (Wildman–Crippen LogP) is 2.79. The zero-order chi connectivity index (χ0) is 23.7. The van der Waals surface area contributed by atoms with Crippen LogP contribution >= 0.6 is 0 Å². The van der Waals surface area contributed by atoms with E-state index in [9.17, 15) is 14.0 Å². The van der Waals surface area contributed by atoms with Crippen LogP contribution in [0.3, 0.4) is 0 Å². The number of halogens is 2. The third-order valence-electron chi connectivity index (χ3n) is 5.58. The Morgan fingerprint density at radius 2 is 1.91 bits per heavy atom. The first-order valence-electron chi connectivity index (χ1n) is 10.7. The summed E-state index contributed by atoms with van der Waals surface area (Å²) in [6.45, 7) is 2.76. The number of ether oxygens (including phenoxy) is 1. The number of anilines is 1. The minimum Gasteiger partial charge on any atom is -0.378 e. The van der Waals surface area contributed by atoms with Crippen LogP contribution in [-0.4, -0.2) is 58.5 Å². The van der Waals surface area contributed by atoms with Crippen molar-refractivity contribution in [2.75, 3.05) is 38.3 Å². The molecule has 0 unspecified atom stereocenters. The van der Waals surface area contributed by atoms with E-state index in [-0.39, 0.29) is 11.4 Å². The number of aromatic amines is 1. The van der Waals surface area contributed by atoms with Crippen molar-refractivity contribution in [3.8, 4) is 28.7 Å². The number of nitrogens with zero attached hydrogens (tertiary/aromatic N) is 6. The second-order valence-electron chi connectivity index (χ2n) is 7.80. The lowest BCUT2D eigenvalue weighted by atomic mass is 10.1. The number of fused-ring (bicyclic) bond motifs is 1. The molecule has 4 aromatic rings. The Bertz CT molecular complexity index is 1390. The summed E-state index contributed by atoms with van der Waals surface area (Å²) in [5, 5.41) is 19.7. The molecule has 3 aromatic heterocycles. The topological polar surface area (TPSA) is 116 Å². The van der Waals surface area contributed by atoms with Gasteiger partial charge in [0.2, 0.25) is 0 Å². The summed E-state index contributed by atoms with van der Waals surface area (Å²) >= 11 is 0. The Kier molecular flexibility index (Phi) is 5.83. The van der Waals surface area contributed by atoms with Gasteiger partial charge < -0.3 is 15.0 Å². The highest BCUT2D eigenvalue weighted by molar-refractivity contribution is 5.90. The highest BCUT2D eigenvalue weighted by atomic mass is 19.1. The van der Waals surface area contributed by atoms with E-state index in [0.717, 1.165) is 0 Å². The molecule has 5 rings (SSSR count). The van der Waals surface area contributed by atoms with Crippen LogP contribution in [0.15, 0.2) is 30.6 Å². The van der Waals surface area contributed by atoms with Gasteiger partial charge in [0.25, 0.3) is 0 Å². The van der Waals surface area contributed by atoms with Gasteiger partial charge in [-0.25, -0.2) is 23.7 Å². The van der Waals surface area contributed by atoms with E-state index in [1.807, 2.05) is 4.90 Å². The summed E-state index contributed by atoms with van der Waals surface area (Å²) < 4.78 is 34.9. The summed E-state index contributed by atoms with van der Waals surface area (Å²) in [4.78, 5) is 15.0. The number of rotatable bonds is 5. The van der Waals surface area contributed by atoms with E-state index >= 15 is 0 Å². The number of H-pyrrole nitrogens is 1. The highest BCUT2D eigenvalue weighted by Gasteiger charge is 2.21. The van der Waals surface area contributed by atoms with Gasteiger partial charge in [-0.15, -0.1) is 0 Å². The normalized spacial score (nSPS) is 13.9. The first-order valence-corrected chi connectivity index (χ1v) is 10.7. The third-order valence-corrected chi connectivity index (χ3v) is 5.58. The van der Waals surface area contributed by atoms with Crippen LogP contribution < -0.4 is 10.2 Å². The molecule has 1 saturated heterocycles. The van der Waals surface area contributed by atoms with Crippen molar-refractivity contribution in [1.82, 2.24) is 30.5 Å². The second kappa shape index (κ2) is 9.09. The van der Waals surface area contributed by atoms with Gasteiger partial charge in [-0.3, -0.25) is 5.10 Å². The van der Waals surface area contributed by atoms with Crippen LogP contribution in [0.25, 0.3) is 33.7 Å². The maximum Gasteiger partial charge on any atom is 0.165 e. The molecule has 9 nitrogen and oxygen atoms in total. The zero-order valence-corrected chi connectivity index (χ0v) is 18.3. The average Bonchev–Trinajstić information content (AvgIpc) is 3.27. The maximum absolute atomic E-state index is 14.8. The van der Waals surface area contributed by atoms with Crippen molar-refractivity contribution < 1.29 is 13.5 Å². The number of nitriles is 1. The lowest BCUT2D eigenvalue weighted by Gasteiger charge is -2.28. The molecule has 172 valence electrons. The van der Waals surface area contributed by atoms with Crippen LogP contribution in [0.2, 0.25) is 0 Å². The standard InChI is InChI=1S/C23H20F2N8O/c1-27-10-13-6-16(24)19(17(25)7-13)22-28-12-18-21(30-22)20(32-31-18)15-8-14(9-26)23(29-11-15)33-2-4-34-5-3-33/h6-8,11-12,27H,2-5,10H2,1H3,(H,31,32). The minimum absolute atomic E-state index is 0.0976. The van der Waals surface area contributed by atoms with Crippen LogP contribution in [0.5, 0.6) is 0 Å². The number of morpholine rings is 1. The fourth-order valence-corrected chi connectivity index (χ4v) is 3.98. The number of pyridine rings is 1. The fourth-order valence-electron chi connectivity index (χ4n) is 3.98. The van der Waals surface area contributed by atoms with Gasteiger partial charge in [0.1, 0.15) is 40.2 Å². The van der Waals surface area contributed by atoms with E-state index in [1.165, 1.54) is 18.3 Å². The molecule has 0 amide bonds. The van der Waals surface area contributed by atoms with Crippen molar-refractivity contribution in [1.29, 1.82) is 5.26 Å². The van der Waals surface area contributed by atoms with Crippen LogP contribution in [0, 0.1) is 23.0 Å². The smallest absolute Gasteiger partial charge is 0.165 e. The number of aromatic nitrogens is 5. The molecule has 1 aromatic carbocycles. The number of nitrogens with one attached hydrogen (secondary N) is 2. The Morgan fingerprint density at radius 3 is 2.62 bits per heavy atom. The molecule has 0 radical (unpaired) electrons. The summed E-state index contributed by atoms with van der Waals surface area (Å²) in [6.07, 6.45) is 3.03. The SMILES string of the molecule is CNCc1cc(F)c(-c2ncc3[nH]nc(-c4cnc(N5CCOCC5)c(C#N)c4)c3n2)c(F)c1. The number of hydrogen-bond donors (Lipinski definition) is 2. The Balaban J connectivity index is 1.56. The van der Waals surface area contributed by atoms with Crippen LogP contribution in [0.4, 0.5) is 14.6 Å². The Labute approximate surface area is 193 Å². The number of benzene rings is 1. The van der Waals surface area contributed by atoms with Gasteiger partial charge in [-0.2, -0.15) is 10.4 Å². The molecule has 0 bridgehead atoms. The molecule has 0 saturated carbocycles. The van der Waals surface area contributed by atoms with E-state index < -0.39 is 11.6 Å². The van der Waals surface area contributed by atoms with Crippen molar-refractivity contribution in [2.45, 2.75) is 6.54 Å². The summed E-state index contributed by atoms with van der Waals surface area (Å²) in [6, 6.07) is 6.39. The lowest BCUT2D eigenvalue weighted by Crippen LogP contribution is -2.37. The zero-order valence-electron chi connectivity index (χ0n) is 18.3. The maximum atomic E-state index is 14.8. The summed E-state index contributed by atoms with van der Waals surface area (Å²) in [5.74, 6) is -1.02. The van der Waals surface area contributed by atoms with Crippen LogP contribution in [-0.2, 0) is 11.3 Å². The van der Waals surface area contributed by atoms with Gasteiger partial charge in [0, 0.05) is 31.4 Å². The van der Waals surface area contributed by atoms with Crippen molar-refractivity contribution in [2.24, 2.45) is 0 Å². The molecule has 0 aliphatic carbocycles. The summed E-state index contributed by atoms with van der Waals surface area (Å²) in [7, 11) is 1.70. The van der Waals surface area contributed by atoms with Crippen molar-refractivity contribution in [3.05, 3.63) is 53.4 Å². The Hall–Kier alpha value is -4.01. The molecular formula is C23H20F2N8O. The molecule has 34 heavy (non-hydrogen) atoms. The van der Waals surface area contributed by atoms with Crippen molar-refractivity contribution in [3.63, 3.8) is 0 Å². The first-order chi connectivity index (χ1) is 16.6. The molecule has 11 heteroatoms. The second-order valence-corrected chi connectivity index (χ2v) is 7.80. The van der Waals surface area contributed by atoms with Gasteiger partial charge in [0.05, 0.1) is 30.5 Å². The van der Waals surface area contributed by atoms with E-state index in [0.29, 0.717) is 72.1 Å². The van der Waals surface area contributed by atoms with Gasteiger partial charge in [0.15, 0.2) is 5.82 Å². The number of hydrogen-bond acceptors (Lipinski definition) is 8.